The van der Waals surface area contributed by atoms with Crippen LogP contribution in [-0.2, 0) is 6.42 Å². The molecule has 1 N–H and O–H groups in total. The number of aromatic nitrogens is 2. The van der Waals surface area contributed by atoms with Crippen LogP contribution in [-0.4, -0.2) is 28.0 Å². The molecule has 5 rings (SSSR count). The lowest BCUT2D eigenvalue weighted by molar-refractivity contribution is 0.187. The van der Waals surface area contributed by atoms with Gasteiger partial charge in [0.25, 0.3) is 0 Å². The highest BCUT2D eigenvalue weighted by molar-refractivity contribution is 5.58. The molecule has 0 bridgehead atoms. The van der Waals surface area contributed by atoms with Crippen molar-refractivity contribution in [1.82, 2.24) is 14.9 Å². The first kappa shape index (κ1) is 16.2. The van der Waals surface area contributed by atoms with E-state index in [1.54, 1.807) is 0 Å². The van der Waals surface area contributed by atoms with Crippen LogP contribution < -0.4 is 5.32 Å². The minimum atomic E-state index is -0.124. The van der Waals surface area contributed by atoms with Gasteiger partial charge in [0.15, 0.2) is 0 Å². The van der Waals surface area contributed by atoms with Gasteiger partial charge in [-0.05, 0) is 67.3 Å². The standard InChI is InChI=1S/C21H25FN4/c22-20-17-9-11-26-10-3-1-2-4-19(26)16(17)7-8-18(20)25-21-23-12-15(13-24-21)14-5-6-14/h7-8,12-14,19H,1-6,9-11H2,(H,23,24,25)/t19-/m0/s1. The monoisotopic (exact) mass is 352 g/mol. The minimum absolute atomic E-state index is 0.124. The van der Waals surface area contributed by atoms with Crippen LogP contribution in [0, 0.1) is 5.82 Å². The molecule has 0 unspecified atom stereocenters. The Morgan fingerprint density at radius 3 is 2.65 bits per heavy atom. The number of nitrogens with one attached hydrogen (secondary N) is 1. The number of benzene rings is 1. The fourth-order valence-corrected chi connectivity index (χ4v) is 4.49. The Hall–Kier alpha value is -2.01. The zero-order valence-electron chi connectivity index (χ0n) is 15.0. The molecule has 2 aromatic rings. The van der Waals surface area contributed by atoms with Gasteiger partial charge in [-0.15, -0.1) is 0 Å². The minimum Gasteiger partial charge on any atom is -0.322 e. The summed E-state index contributed by atoms with van der Waals surface area (Å²) < 4.78 is 15.2. The number of hydrogen-bond donors (Lipinski definition) is 1. The third-order valence-corrected chi connectivity index (χ3v) is 6.12. The lowest BCUT2D eigenvalue weighted by Crippen LogP contribution is -2.35. The Labute approximate surface area is 153 Å². The van der Waals surface area contributed by atoms with Crippen molar-refractivity contribution in [2.24, 2.45) is 0 Å². The van der Waals surface area contributed by atoms with Gasteiger partial charge in [0, 0.05) is 25.0 Å². The average Bonchev–Trinajstić information content (AvgIpc) is 3.51. The van der Waals surface area contributed by atoms with E-state index in [0.717, 1.165) is 31.5 Å². The Bertz CT molecular complexity index is 800. The van der Waals surface area contributed by atoms with Gasteiger partial charge in [0.1, 0.15) is 5.82 Å². The van der Waals surface area contributed by atoms with Gasteiger partial charge in [0.2, 0.25) is 5.95 Å². The van der Waals surface area contributed by atoms with Crippen molar-refractivity contribution in [3.05, 3.63) is 47.0 Å². The van der Waals surface area contributed by atoms with E-state index in [1.807, 2.05) is 18.5 Å². The van der Waals surface area contributed by atoms with E-state index in [9.17, 15) is 0 Å². The first-order valence-corrected chi connectivity index (χ1v) is 9.94. The Kier molecular flexibility index (Phi) is 4.12. The molecule has 5 heteroatoms. The second-order valence-corrected chi connectivity index (χ2v) is 7.89. The van der Waals surface area contributed by atoms with E-state index in [4.69, 9.17) is 0 Å². The van der Waals surface area contributed by atoms with E-state index in [-0.39, 0.29) is 5.82 Å². The zero-order chi connectivity index (χ0) is 17.5. The smallest absolute Gasteiger partial charge is 0.227 e. The number of nitrogens with zero attached hydrogens (tertiary/aromatic N) is 3. The molecule has 0 radical (unpaired) electrons. The van der Waals surface area contributed by atoms with Crippen molar-refractivity contribution in [3.63, 3.8) is 0 Å². The second-order valence-electron chi connectivity index (χ2n) is 7.89. The van der Waals surface area contributed by atoms with E-state index < -0.39 is 0 Å². The van der Waals surface area contributed by atoms with E-state index >= 15 is 4.39 Å². The van der Waals surface area contributed by atoms with Crippen molar-refractivity contribution < 1.29 is 4.39 Å². The molecule has 2 aliphatic heterocycles. The van der Waals surface area contributed by atoms with Gasteiger partial charge < -0.3 is 5.32 Å². The number of halogens is 1. The second kappa shape index (κ2) is 6.62. The molecule has 1 aromatic carbocycles. The third-order valence-electron chi connectivity index (χ3n) is 6.12. The number of anilines is 2. The lowest BCUT2D eigenvalue weighted by Gasteiger charge is -2.36. The summed E-state index contributed by atoms with van der Waals surface area (Å²) in [6, 6.07) is 4.36. The summed E-state index contributed by atoms with van der Waals surface area (Å²) in [5, 5.41) is 3.08. The van der Waals surface area contributed by atoms with Crippen LogP contribution in [0.15, 0.2) is 24.5 Å². The Balaban J connectivity index is 1.40. The first-order chi connectivity index (χ1) is 12.8. The van der Waals surface area contributed by atoms with Crippen LogP contribution in [0.2, 0.25) is 0 Å². The fraction of sp³-hybridized carbons (Fsp3) is 0.524. The van der Waals surface area contributed by atoms with Crippen LogP contribution >= 0.6 is 0 Å². The summed E-state index contributed by atoms with van der Waals surface area (Å²) in [5.74, 6) is 0.980. The molecular formula is C21H25FN4. The number of hydrogen-bond acceptors (Lipinski definition) is 4. The van der Waals surface area contributed by atoms with E-state index in [2.05, 4.69) is 26.3 Å². The molecule has 4 nitrogen and oxygen atoms in total. The fourth-order valence-electron chi connectivity index (χ4n) is 4.49. The van der Waals surface area contributed by atoms with E-state index in [1.165, 1.54) is 43.2 Å². The van der Waals surface area contributed by atoms with Crippen LogP contribution in [0.1, 0.15) is 67.2 Å². The molecule has 1 aromatic heterocycles. The predicted octanol–water partition coefficient (Wildman–Crippen LogP) is 4.71. The van der Waals surface area contributed by atoms with Gasteiger partial charge in [-0.3, -0.25) is 4.90 Å². The molecule has 2 fully saturated rings. The summed E-state index contributed by atoms with van der Waals surface area (Å²) >= 11 is 0. The molecule has 136 valence electrons. The number of rotatable bonds is 3. The third kappa shape index (κ3) is 2.98. The zero-order valence-corrected chi connectivity index (χ0v) is 15.0. The Morgan fingerprint density at radius 2 is 1.85 bits per heavy atom. The predicted molar refractivity (Wildman–Crippen MR) is 100 cm³/mol. The molecule has 0 amide bonds. The average molecular weight is 352 g/mol. The van der Waals surface area contributed by atoms with Crippen molar-refractivity contribution in [2.45, 2.75) is 56.9 Å². The lowest BCUT2D eigenvalue weighted by atomic mass is 9.89. The summed E-state index contributed by atoms with van der Waals surface area (Å²) in [7, 11) is 0. The molecular weight excluding hydrogens is 327 g/mol. The molecule has 1 saturated heterocycles. The summed E-state index contributed by atoms with van der Waals surface area (Å²) in [5.41, 5.74) is 3.75. The van der Waals surface area contributed by atoms with Crippen molar-refractivity contribution >= 4 is 11.6 Å². The highest BCUT2D eigenvalue weighted by atomic mass is 19.1. The first-order valence-electron chi connectivity index (χ1n) is 9.94. The summed E-state index contributed by atoms with van der Waals surface area (Å²) in [6.45, 7) is 2.11. The van der Waals surface area contributed by atoms with Gasteiger partial charge in [-0.25, -0.2) is 14.4 Å². The quantitative estimate of drug-likeness (QED) is 0.868. The van der Waals surface area contributed by atoms with Crippen molar-refractivity contribution in [1.29, 1.82) is 0 Å². The highest BCUT2D eigenvalue weighted by Gasteiger charge is 2.30. The highest BCUT2D eigenvalue weighted by Crippen LogP contribution is 2.40. The summed E-state index contributed by atoms with van der Waals surface area (Å²) in [6.07, 6.45) is 11.9. The molecule has 26 heavy (non-hydrogen) atoms. The molecule has 0 spiro atoms. The maximum absolute atomic E-state index is 15.2. The SMILES string of the molecule is Fc1c(Nc2ncc(C3CC3)cn2)ccc2c1CCN1CCCCC[C@@H]21. The number of fused-ring (bicyclic) bond motifs is 3. The van der Waals surface area contributed by atoms with Gasteiger partial charge >= 0.3 is 0 Å². The van der Waals surface area contributed by atoms with Crippen molar-refractivity contribution in [3.8, 4) is 0 Å². The molecule has 1 atom stereocenters. The Morgan fingerprint density at radius 1 is 1.00 bits per heavy atom. The van der Waals surface area contributed by atoms with Gasteiger partial charge in [-0.1, -0.05) is 18.9 Å². The maximum Gasteiger partial charge on any atom is 0.227 e. The molecule has 1 saturated carbocycles. The van der Waals surface area contributed by atoms with E-state index in [0.29, 0.717) is 23.6 Å². The van der Waals surface area contributed by atoms with Gasteiger partial charge in [0.05, 0.1) is 5.69 Å². The molecule has 1 aliphatic carbocycles. The summed E-state index contributed by atoms with van der Waals surface area (Å²) in [4.78, 5) is 11.3. The largest absolute Gasteiger partial charge is 0.322 e. The van der Waals surface area contributed by atoms with Crippen LogP contribution in [0.5, 0.6) is 0 Å². The molecule has 3 aliphatic rings. The van der Waals surface area contributed by atoms with Crippen LogP contribution in [0.25, 0.3) is 0 Å². The normalized spacial score (nSPS) is 23.0. The van der Waals surface area contributed by atoms with Gasteiger partial charge in [-0.2, -0.15) is 0 Å². The van der Waals surface area contributed by atoms with Crippen LogP contribution in [0.4, 0.5) is 16.0 Å². The molecule has 3 heterocycles. The van der Waals surface area contributed by atoms with Crippen molar-refractivity contribution in [2.75, 3.05) is 18.4 Å². The maximum atomic E-state index is 15.2. The topological polar surface area (TPSA) is 41.1 Å². The van der Waals surface area contributed by atoms with Crippen LogP contribution in [0.3, 0.4) is 0 Å².